The van der Waals surface area contributed by atoms with Gasteiger partial charge in [-0.3, -0.25) is 0 Å². The highest BCUT2D eigenvalue weighted by atomic mass is 19.3. The van der Waals surface area contributed by atoms with Gasteiger partial charge in [0, 0.05) is 18.2 Å². The minimum absolute atomic E-state index is 0.0678. The van der Waals surface area contributed by atoms with E-state index in [9.17, 15) is 8.78 Å². The number of ether oxygens (including phenoxy) is 1. The number of halogens is 2. The van der Waals surface area contributed by atoms with Crippen LogP contribution in [0, 0.1) is 0 Å². The second-order valence-electron chi connectivity index (χ2n) is 4.70. The molecule has 2 rings (SSSR count). The lowest BCUT2D eigenvalue weighted by Crippen LogP contribution is -2.48. The van der Waals surface area contributed by atoms with Gasteiger partial charge in [-0.05, 0) is 19.8 Å². The van der Waals surface area contributed by atoms with Crippen molar-refractivity contribution >= 4 is 0 Å². The van der Waals surface area contributed by atoms with Gasteiger partial charge in [0.15, 0.2) is 0 Å². The third kappa shape index (κ3) is 3.27. The van der Waals surface area contributed by atoms with Crippen LogP contribution in [0.3, 0.4) is 0 Å². The Hall–Kier alpha value is -1.00. The van der Waals surface area contributed by atoms with Crippen LogP contribution < -0.4 is 5.32 Å². The molecule has 0 amide bonds. The molecule has 0 heterocycles. The Kier molecular flexibility index (Phi) is 4.30. The van der Waals surface area contributed by atoms with Crippen LogP contribution in [0.5, 0.6) is 0 Å². The minimum Gasteiger partial charge on any atom is -0.378 e. The quantitative estimate of drug-likeness (QED) is 0.844. The van der Waals surface area contributed by atoms with Gasteiger partial charge < -0.3 is 10.1 Å². The molecule has 1 aliphatic rings. The zero-order valence-corrected chi connectivity index (χ0v) is 10.5. The van der Waals surface area contributed by atoms with Crippen molar-refractivity contribution in [1.29, 1.82) is 0 Å². The van der Waals surface area contributed by atoms with Crippen molar-refractivity contribution in [1.82, 2.24) is 5.32 Å². The number of rotatable bonds is 6. The summed E-state index contributed by atoms with van der Waals surface area (Å²) in [7, 11) is 0. The molecule has 1 saturated carbocycles. The molecule has 0 radical (unpaired) electrons. The maximum atomic E-state index is 13.8. The van der Waals surface area contributed by atoms with Crippen LogP contribution in [0.15, 0.2) is 30.3 Å². The molecule has 0 unspecified atom stereocenters. The molecule has 0 aliphatic heterocycles. The van der Waals surface area contributed by atoms with Gasteiger partial charge in [0.05, 0.1) is 12.6 Å². The van der Waals surface area contributed by atoms with Gasteiger partial charge in [-0.15, -0.1) is 0 Å². The van der Waals surface area contributed by atoms with Gasteiger partial charge in [-0.1, -0.05) is 30.3 Å². The summed E-state index contributed by atoms with van der Waals surface area (Å²) in [5.41, 5.74) is 0.0678. The van der Waals surface area contributed by atoms with E-state index < -0.39 is 5.92 Å². The van der Waals surface area contributed by atoms with E-state index in [2.05, 4.69) is 5.32 Å². The first kappa shape index (κ1) is 13.4. The molecule has 0 atom stereocenters. The molecule has 1 aromatic rings. The maximum absolute atomic E-state index is 13.8. The van der Waals surface area contributed by atoms with Crippen LogP contribution in [0.1, 0.15) is 25.3 Å². The number of nitrogens with one attached hydrogen (secondary N) is 1. The van der Waals surface area contributed by atoms with Crippen LogP contribution in [0.4, 0.5) is 8.78 Å². The van der Waals surface area contributed by atoms with Crippen LogP contribution >= 0.6 is 0 Å². The Morgan fingerprint density at radius 2 is 1.94 bits per heavy atom. The standard InChI is InChI=1S/C14H19F2NO/c1-2-18-13-8-12(9-13)17-10-14(15,16)11-6-4-3-5-7-11/h3-7,12-13,17H,2,8-10H2,1H3. The normalized spacial score (nSPS) is 23.7. The van der Waals surface area contributed by atoms with E-state index >= 15 is 0 Å². The molecule has 1 fully saturated rings. The zero-order valence-electron chi connectivity index (χ0n) is 10.5. The fourth-order valence-electron chi connectivity index (χ4n) is 2.16. The van der Waals surface area contributed by atoms with Crippen molar-refractivity contribution in [2.24, 2.45) is 0 Å². The Balaban J connectivity index is 1.77. The molecule has 100 valence electrons. The topological polar surface area (TPSA) is 21.3 Å². The first-order chi connectivity index (χ1) is 8.62. The van der Waals surface area contributed by atoms with E-state index in [1.165, 1.54) is 12.1 Å². The van der Waals surface area contributed by atoms with Gasteiger partial charge in [0.25, 0.3) is 5.92 Å². The van der Waals surface area contributed by atoms with Crippen LogP contribution in [0.2, 0.25) is 0 Å². The molecule has 0 saturated heterocycles. The summed E-state index contributed by atoms with van der Waals surface area (Å²) in [6, 6.07) is 8.11. The third-order valence-corrected chi connectivity index (χ3v) is 3.31. The molecular weight excluding hydrogens is 236 g/mol. The average molecular weight is 255 g/mol. The van der Waals surface area contributed by atoms with E-state index in [-0.39, 0.29) is 24.3 Å². The lowest BCUT2D eigenvalue weighted by Gasteiger charge is -2.36. The molecule has 0 bridgehead atoms. The Bertz CT molecular complexity index is 363. The fourth-order valence-corrected chi connectivity index (χ4v) is 2.16. The SMILES string of the molecule is CCOC1CC(NCC(F)(F)c2ccccc2)C1. The monoisotopic (exact) mass is 255 g/mol. The van der Waals surface area contributed by atoms with Gasteiger partial charge in [-0.2, -0.15) is 8.78 Å². The summed E-state index contributed by atoms with van der Waals surface area (Å²) in [6.07, 6.45) is 1.91. The van der Waals surface area contributed by atoms with E-state index in [0.717, 1.165) is 12.8 Å². The number of hydrogen-bond donors (Lipinski definition) is 1. The van der Waals surface area contributed by atoms with Crippen molar-refractivity contribution in [2.75, 3.05) is 13.2 Å². The Morgan fingerprint density at radius 1 is 1.28 bits per heavy atom. The summed E-state index contributed by atoms with van der Waals surface area (Å²) in [5.74, 6) is -2.81. The van der Waals surface area contributed by atoms with Crippen molar-refractivity contribution in [3.05, 3.63) is 35.9 Å². The van der Waals surface area contributed by atoms with E-state index in [4.69, 9.17) is 4.74 Å². The van der Waals surface area contributed by atoms with E-state index in [0.29, 0.717) is 6.61 Å². The number of alkyl halides is 2. The second kappa shape index (κ2) is 5.76. The van der Waals surface area contributed by atoms with Crippen LogP contribution in [-0.4, -0.2) is 25.3 Å². The zero-order chi connectivity index (χ0) is 13.0. The molecule has 0 aromatic heterocycles. The van der Waals surface area contributed by atoms with Crippen molar-refractivity contribution in [3.63, 3.8) is 0 Å². The molecule has 1 aliphatic carbocycles. The molecular formula is C14H19F2NO. The van der Waals surface area contributed by atoms with Gasteiger partial charge in [0.1, 0.15) is 0 Å². The summed E-state index contributed by atoms with van der Waals surface area (Å²) in [4.78, 5) is 0. The minimum atomic E-state index is -2.81. The van der Waals surface area contributed by atoms with Gasteiger partial charge in [-0.25, -0.2) is 0 Å². The van der Waals surface area contributed by atoms with Crippen LogP contribution in [0.25, 0.3) is 0 Å². The van der Waals surface area contributed by atoms with E-state index in [1.54, 1.807) is 18.2 Å². The average Bonchev–Trinajstić information content (AvgIpc) is 2.33. The van der Waals surface area contributed by atoms with E-state index in [1.807, 2.05) is 6.92 Å². The summed E-state index contributed by atoms with van der Waals surface area (Å²) < 4.78 is 33.1. The number of hydrogen-bond acceptors (Lipinski definition) is 2. The third-order valence-electron chi connectivity index (χ3n) is 3.31. The summed E-state index contributed by atoms with van der Waals surface area (Å²) in [6.45, 7) is 2.34. The fraction of sp³-hybridized carbons (Fsp3) is 0.571. The van der Waals surface area contributed by atoms with Gasteiger partial charge in [0.2, 0.25) is 0 Å². The van der Waals surface area contributed by atoms with Gasteiger partial charge >= 0.3 is 0 Å². The second-order valence-corrected chi connectivity index (χ2v) is 4.70. The molecule has 4 heteroatoms. The predicted octanol–water partition coefficient (Wildman–Crippen LogP) is 2.94. The summed E-state index contributed by atoms with van der Waals surface area (Å²) in [5, 5.41) is 2.92. The van der Waals surface area contributed by atoms with Crippen molar-refractivity contribution < 1.29 is 13.5 Å². The summed E-state index contributed by atoms with van der Waals surface area (Å²) >= 11 is 0. The van der Waals surface area contributed by atoms with Crippen molar-refractivity contribution in [3.8, 4) is 0 Å². The Labute approximate surface area is 106 Å². The highest BCUT2D eigenvalue weighted by molar-refractivity contribution is 5.20. The highest BCUT2D eigenvalue weighted by Gasteiger charge is 2.35. The smallest absolute Gasteiger partial charge is 0.285 e. The Morgan fingerprint density at radius 3 is 2.56 bits per heavy atom. The lowest BCUT2D eigenvalue weighted by atomic mass is 9.89. The predicted molar refractivity (Wildman–Crippen MR) is 66.8 cm³/mol. The van der Waals surface area contributed by atoms with Crippen LogP contribution in [-0.2, 0) is 10.7 Å². The highest BCUT2D eigenvalue weighted by Crippen LogP contribution is 2.29. The molecule has 18 heavy (non-hydrogen) atoms. The number of benzene rings is 1. The van der Waals surface area contributed by atoms with Crippen molar-refractivity contribution in [2.45, 2.75) is 37.8 Å². The first-order valence-electron chi connectivity index (χ1n) is 6.40. The molecule has 1 aromatic carbocycles. The maximum Gasteiger partial charge on any atom is 0.285 e. The molecule has 1 N–H and O–H groups in total. The lowest BCUT2D eigenvalue weighted by molar-refractivity contribution is -0.0349. The molecule has 2 nitrogen and oxygen atoms in total. The largest absolute Gasteiger partial charge is 0.378 e. The molecule has 0 spiro atoms. The first-order valence-corrected chi connectivity index (χ1v) is 6.40.